The molecule has 5 nitrogen and oxygen atoms in total. The first-order valence-electron chi connectivity index (χ1n) is 6.69. The highest BCUT2D eigenvalue weighted by atomic mass is 35.5. The minimum atomic E-state index is -0.193. The second kappa shape index (κ2) is 5.66. The molecule has 0 aliphatic rings. The Hall–Kier alpha value is -1.59. The molecule has 1 unspecified atom stereocenters. The van der Waals surface area contributed by atoms with Gasteiger partial charge in [0.2, 0.25) is 0 Å². The lowest BCUT2D eigenvalue weighted by Crippen LogP contribution is -2.08. The summed E-state index contributed by atoms with van der Waals surface area (Å²) >= 11 is 12.2. The fraction of sp³-hybridized carbons (Fsp3) is 0.357. The summed E-state index contributed by atoms with van der Waals surface area (Å²) in [6.07, 6.45) is 4.36. The Kier molecular flexibility index (Phi) is 3.87. The molecule has 0 spiro atoms. The van der Waals surface area contributed by atoms with Gasteiger partial charge in [-0.05, 0) is 19.1 Å². The van der Waals surface area contributed by atoms with E-state index in [0.29, 0.717) is 5.02 Å². The van der Waals surface area contributed by atoms with Crippen LogP contribution in [0, 0.1) is 0 Å². The summed E-state index contributed by atoms with van der Waals surface area (Å²) in [6, 6.07) is 3.82. The molecule has 0 saturated carbocycles. The van der Waals surface area contributed by atoms with Crippen LogP contribution in [0.1, 0.15) is 23.8 Å². The molecule has 0 N–H and O–H groups in total. The number of hydrogen-bond donors (Lipinski definition) is 0. The zero-order chi connectivity index (χ0) is 15.0. The van der Waals surface area contributed by atoms with E-state index >= 15 is 0 Å². The molecule has 0 fully saturated rings. The predicted molar refractivity (Wildman–Crippen MR) is 83.7 cm³/mol. The average Bonchev–Trinajstić information content (AvgIpc) is 2.99. The van der Waals surface area contributed by atoms with Crippen LogP contribution >= 0.6 is 23.2 Å². The van der Waals surface area contributed by atoms with Gasteiger partial charge in [0, 0.05) is 32.4 Å². The lowest BCUT2D eigenvalue weighted by molar-refractivity contribution is 0.643. The van der Waals surface area contributed by atoms with Crippen LogP contribution in [0.15, 0.2) is 24.5 Å². The van der Waals surface area contributed by atoms with E-state index in [-0.39, 0.29) is 5.38 Å². The summed E-state index contributed by atoms with van der Waals surface area (Å²) in [5, 5.41) is 4.77. The normalized spacial score (nSPS) is 13.0. The van der Waals surface area contributed by atoms with Crippen LogP contribution in [0.4, 0.5) is 0 Å². The van der Waals surface area contributed by atoms with Crippen molar-refractivity contribution in [1.82, 2.24) is 24.3 Å². The van der Waals surface area contributed by atoms with Gasteiger partial charge < -0.3 is 4.57 Å². The van der Waals surface area contributed by atoms with Gasteiger partial charge in [-0.1, -0.05) is 11.6 Å². The molecule has 110 valence electrons. The maximum atomic E-state index is 6.24. The Balaban J connectivity index is 1.97. The highest BCUT2D eigenvalue weighted by Gasteiger charge is 2.16. The molecule has 1 atom stereocenters. The topological polar surface area (TPSA) is 48.5 Å². The molecule has 21 heavy (non-hydrogen) atoms. The molecule has 3 aromatic heterocycles. The SMILES string of the molecule is CC(Cl)c1nc2cc(Cl)cnc2n1CCc1ccn(C)n1. The number of aromatic nitrogens is 5. The standard InChI is InChI=1S/C14H15Cl2N5/c1-9(15)13-18-12-7-10(16)8-17-14(12)21(13)6-4-11-3-5-20(2)19-11/h3,5,7-9H,4,6H2,1-2H3. The molecule has 0 aliphatic carbocycles. The quantitative estimate of drug-likeness (QED) is 0.692. The van der Waals surface area contributed by atoms with Gasteiger partial charge in [0.15, 0.2) is 5.65 Å². The first-order chi connectivity index (χ1) is 10.0. The molecular formula is C14H15Cl2N5. The summed E-state index contributed by atoms with van der Waals surface area (Å²) < 4.78 is 3.84. The largest absolute Gasteiger partial charge is 0.311 e. The number of fused-ring (bicyclic) bond motifs is 1. The summed E-state index contributed by atoms with van der Waals surface area (Å²) in [5.74, 6) is 0.803. The maximum Gasteiger partial charge on any atom is 0.160 e. The van der Waals surface area contributed by atoms with Crippen molar-refractivity contribution in [1.29, 1.82) is 0 Å². The molecule has 3 heterocycles. The number of hydrogen-bond acceptors (Lipinski definition) is 3. The zero-order valence-electron chi connectivity index (χ0n) is 11.8. The van der Waals surface area contributed by atoms with Crippen molar-refractivity contribution in [3.05, 3.63) is 41.1 Å². The molecule has 0 bridgehead atoms. The third-order valence-electron chi connectivity index (χ3n) is 3.30. The molecule has 3 aromatic rings. The zero-order valence-corrected chi connectivity index (χ0v) is 13.3. The highest BCUT2D eigenvalue weighted by Crippen LogP contribution is 2.25. The molecule has 0 saturated heterocycles. The van der Waals surface area contributed by atoms with Gasteiger partial charge in [-0.3, -0.25) is 4.68 Å². The van der Waals surface area contributed by atoms with E-state index in [1.54, 1.807) is 10.9 Å². The van der Waals surface area contributed by atoms with Gasteiger partial charge in [0.25, 0.3) is 0 Å². The Labute approximate surface area is 132 Å². The summed E-state index contributed by atoms with van der Waals surface area (Å²) in [4.78, 5) is 8.93. The average molecular weight is 324 g/mol. The van der Waals surface area contributed by atoms with Crippen molar-refractivity contribution in [3.63, 3.8) is 0 Å². The van der Waals surface area contributed by atoms with Crippen molar-refractivity contribution < 1.29 is 0 Å². The van der Waals surface area contributed by atoms with E-state index < -0.39 is 0 Å². The van der Waals surface area contributed by atoms with E-state index in [9.17, 15) is 0 Å². The smallest absolute Gasteiger partial charge is 0.160 e. The summed E-state index contributed by atoms with van der Waals surface area (Å²) in [7, 11) is 1.91. The van der Waals surface area contributed by atoms with Crippen LogP contribution in [0.3, 0.4) is 0 Å². The van der Waals surface area contributed by atoms with Crippen LogP contribution in [-0.4, -0.2) is 24.3 Å². The monoisotopic (exact) mass is 323 g/mol. The van der Waals surface area contributed by atoms with E-state index in [1.807, 2.05) is 36.9 Å². The molecule has 3 rings (SSSR count). The van der Waals surface area contributed by atoms with Crippen LogP contribution in [-0.2, 0) is 20.0 Å². The lowest BCUT2D eigenvalue weighted by Gasteiger charge is -2.08. The fourth-order valence-electron chi connectivity index (χ4n) is 2.35. The van der Waals surface area contributed by atoms with Crippen molar-refractivity contribution >= 4 is 34.4 Å². The second-order valence-electron chi connectivity index (χ2n) is 4.96. The van der Waals surface area contributed by atoms with E-state index in [0.717, 1.165) is 35.6 Å². The number of nitrogens with zero attached hydrogens (tertiary/aromatic N) is 5. The lowest BCUT2D eigenvalue weighted by atomic mass is 10.3. The van der Waals surface area contributed by atoms with Gasteiger partial charge in [-0.25, -0.2) is 9.97 Å². The van der Waals surface area contributed by atoms with Crippen molar-refractivity contribution in [2.45, 2.75) is 25.3 Å². The molecule has 0 amide bonds. The Morgan fingerprint density at radius 1 is 1.38 bits per heavy atom. The molecule has 0 aliphatic heterocycles. The number of halogens is 2. The third kappa shape index (κ3) is 2.89. The minimum Gasteiger partial charge on any atom is -0.311 e. The number of alkyl halides is 1. The number of pyridine rings is 1. The Bertz CT molecular complexity index is 775. The van der Waals surface area contributed by atoms with Gasteiger partial charge in [0.1, 0.15) is 11.3 Å². The third-order valence-corrected chi connectivity index (χ3v) is 3.70. The molecule has 0 radical (unpaired) electrons. The summed E-state index contributed by atoms with van der Waals surface area (Å²) in [5.41, 5.74) is 2.60. The van der Waals surface area contributed by atoms with Crippen LogP contribution in [0.5, 0.6) is 0 Å². The fourth-order valence-corrected chi connectivity index (χ4v) is 2.67. The first-order valence-corrected chi connectivity index (χ1v) is 7.50. The minimum absolute atomic E-state index is 0.193. The van der Waals surface area contributed by atoms with Crippen molar-refractivity contribution in [2.24, 2.45) is 7.05 Å². The molecule has 7 heteroatoms. The summed E-state index contributed by atoms with van der Waals surface area (Å²) in [6.45, 7) is 2.64. The van der Waals surface area contributed by atoms with Crippen molar-refractivity contribution in [3.8, 4) is 0 Å². The Morgan fingerprint density at radius 2 is 2.19 bits per heavy atom. The van der Waals surface area contributed by atoms with Gasteiger partial charge in [-0.15, -0.1) is 11.6 Å². The Morgan fingerprint density at radius 3 is 2.86 bits per heavy atom. The van der Waals surface area contributed by atoms with Crippen LogP contribution in [0.2, 0.25) is 5.02 Å². The predicted octanol–water partition coefficient (Wildman–Crippen LogP) is 3.36. The number of aryl methyl sites for hydroxylation is 3. The van der Waals surface area contributed by atoms with Crippen LogP contribution < -0.4 is 0 Å². The van der Waals surface area contributed by atoms with Gasteiger partial charge in [0.05, 0.1) is 16.1 Å². The van der Waals surface area contributed by atoms with E-state index in [2.05, 4.69) is 15.1 Å². The second-order valence-corrected chi connectivity index (χ2v) is 6.06. The molecule has 0 aromatic carbocycles. The number of imidazole rings is 1. The van der Waals surface area contributed by atoms with Crippen molar-refractivity contribution in [2.75, 3.05) is 0 Å². The first kappa shape index (κ1) is 14.4. The molecular weight excluding hydrogens is 309 g/mol. The van der Waals surface area contributed by atoms with E-state index in [4.69, 9.17) is 23.2 Å². The number of rotatable bonds is 4. The maximum absolute atomic E-state index is 6.24. The highest BCUT2D eigenvalue weighted by molar-refractivity contribution is 6.31. The van der Waals surface area contributed by atoms with E-state index in [1.165, 1.54) is 0 Å². The van der Waals surface area contributed by atoms with Gasteiger partial charge in [-0.2, -0.15) is 5.10 Å². The van der Waals surface area contributed by atoms with Gasteiger partial charge >= 0.3 is 0 Å². The van der Waals surface area contributed by atoms with Crippen LogP contribution in [0.25, 0.3) is 11.2 Å².